The molecule has 0 aliphatic carbocycles. The van der Waals surface area contributed by atoms with Crippen LogP contribution in [-0.4, -0.2) is 23.7 Å². The summed E-state index contributed by atoms with van der Waals surface area (Å²) in [7, 11) is 0. The van der Waals surface area contributed by atoms with Crippen molar-refractivity contribution in [1.82, 2.24) is 5.32 Å². The molecule has 12 heavy (non-hydrogen) atoms. The molecule has 1 rings (SSSR count). The number of hydrogen-bond donors (Lipinski definition) is 2. The lowest BCUT2D eigenvalue weighted by Gasteiger charge is -2.13. The number of carbonyl (C=O) groups is 1. The Morgan fingerprint density at radius 2 is 2.00 bits per heavy atom. The van der Waals surface area contributed by atoms with Gasteiger partial charge in [-0.25, -0.2) is 0 Å². The summed E-state index contributed by atoms with van der Waals surface area (Å²) in [5, 5.41) is 11.5. The van der Waals surface area contributed by atoms with Crippen LogP contribution in [0.1, 0.15) is 34.1 Å². The Balaban J connectivity index is 0.000000561. The van der Waals surface area contributed by atoms with E-state index in [4.69, 9.17) is 5.11 Å². The Labute approximate surface area is 74.2 Å². The van der Waals surface area contributed by atoms with E-state index < -0.39 is 5.97 Å². The molecule has 0 spiro atoms. The molecule has 1 aliphatic heterocycles. The van der Waals surface area contributed by atoms with Gasteiger partial charge in [-0.05, 0) is 11.8 Å². The highest BCUT2D eigenvalue weighted by Crippen LogP contribution is 2.26. The van der Waals surface area contributed by atoms with Crippen LogP contribution < -0.4 is 5.32 Å². The van der Waals surface area contributed by atoms with Crippen LogP contribution in [0.15, 0.2) is 0 Å². The summed E-state index contributed by atoms with van der Waals surface area (Å²) in [6.07, 6.45) is 0.738. The van der Waals surface area contributed by atoms with E-state index in [9.17, 15) is 4.79 Å². The molecule has 1 saturated heterocycles. The number of carboxylic acid groups (broad SMARTS) is 1. The minimum Gasteiger partial charge on any atom is -0.480 e. The van der Waals surface area contributed by atoms with Gasteiger partial charge in [0, 0.05) is 6.54 Å². The van der Waals surface area contributed by atoms with E-state index in [2.05, 4.69) is 19.2 Å². The predicted octanol–water partition coefficient (Wildman–Crippen LogP) is 1.49. The first-order valence-corrected chi connectivity index (χ1v) is 4.47. The van der Waals surface area contributed by atoms with Gasteiger partial charge in [0.2, 0.25) is 0 Å². The van der Waals surface area contributed by atoms with E-state index in [0.717, 1.165) is 13.0 Å². The zero-order valence-corrected chi connectivity index (χ0v) is 8.35. The predicted molar refractivity (Wildman–Crippen MR) is 49.2 cm³/mol. The van der Waals surface area contributed by atoms with E-state index in [0.29, 0.717) is 0 Å². The zero-order valence-electron chi connectivity index (χ0n) is 8.35. The van der Waals surface area contributed by atoms with Crippen LogP contribution in [0.2, 0.25) is 0 Å². The van der Waals surface area contributed by atoms with Crippen molar-refractivity contribution in [2.75, 3.05) is 6.54 Å². The third-order valence-corrected chi connectivity index (χ3v) is 1.88. The summed E-state index contributed by atoms with van der Waals surface area (Å²) in [4.78, 5) is 10.4. The van der Waals surface area contributed by atoms with Crippen LogP contribution in [0.3, 0.4) is 0 Å². The first-order chi connectivity index (χ1) is 5.51. The quantitative estimate of drug-likeness (QED) is 0.631. The number of aliphatic carboxylic acids is 1. The van der Waals surface area contributed by atoms with Crippen molar-refractivity contribution in [2.24, 2.45) is 5.41 Å². The molecule has 0 amide bonds. The van der Waals surface area contributed by atoms with Crippen molar-refractivity contribution in [3.05, 3.63) is 0 Å². The molecule has 1 atom stereocenters. The average molecular weight is 173 g/mol. The number of rotatable bonds is 1. The molecular weight excluding hydrogens is 154 g/mol. The van der Waals surface area contributed by atoms with Gasteiger partial charge in [-0.15, -0.1) is 0 Å². The van der Waals surface area contributed by atoms with Gasteiger partial charge >= 0.3 is 5.97 Å². The smallest absolute Gasteiger partial charge is 0.320 e. The molecule has 0 bridgehead atoms. The Morgan fingerprint density at radius 3 is 2.17 bits per heavy atom. The Hall–Kier alpha value is -0.570. The molecule has 3 heteroatoms. The maximum Gasteiger partial charge on any atom is 0.320 e. The average Bonchev–Trinajstić information content (AvgIpc) is 2.35. The van der Waals surface area contributed by atoms with Crippen molar-refractivity contribution in [2.45, 2.75) is 40.2 Å². The van der Waals surface area contributed by atoms with Crippen LogP contribution in [0.4, 0.5) is 0 Å². The molecule has 1 unspecified atom stereocenters. The molecule has 1 heterocycles. The summed E-state index contributed by atoms with van der Waals surface area (Å²) >= 11 is 0. The summed E-state index contributed by atoms with van der Waals surface area (Å²) in [6, 6.07) is -0.324. The molecule has 0 radical (unpaired) electrons. The largest absolute Gasteiger partial charge is 0.480 e. The molecule has 0 aromatic heterocycles. The summed E-state index contributed by atoms with van der Waals surface area (Å²) in [6.45, 7) is 8.95. The third-order valence-electron chi connectivity index (χ3n) is 1.88. The fourth-order valence-corrected chi connectivity index (χ4v) is 1.27. The SMILES string of the molecule is CC.CC1(C)CNC(C(=O)O)C1. The Kier molecular flexibility index (Phi) is 4.24. The molecular formula is C9H19NO2. The normalized spacial score (nSPS) is 25.8. The minimum absolute atomic E-state index is 0.156. The second-order valence-corrected chi connectivity index (χ2v) is 3.64. The fraction of sp³-hybridized carbons (Fsp3) is 0.889. The van der Waals surface area contributed by atoms with Crippen LogP contribution in [0.5, 0.6) is 0 Å². The molecule has 0 saturated carbocycles. The zero-order chi connectivity index (χ0) is 9.78. The number of nitrogens with one attached hydrogen (secondary N) is 1. The maximum absolute atomic E-state index is 10.4. The Morgan fingerprint density at radius 1 is 1.50 bits per heavy atom. The number of hydrogen-bond acceptors (Lipinski definition) is 2. The van der Waals surface area contributed by atoms with E-state index in [-0.39, 0.29) is 11.5 Å². The van der Waals surface area contributed by atoms with Crippen molar-refractivity contribution < 1.29 is 9.90 Å². The first-order valence-electron chi connectivity index (χ1n) is 4.47. The highest BCUT2D eigenvalue weighted by Gasteiger charge is 2.34. The second kappa shape index (κ2) is 4.45. The van der Waals surface area contributed by atoms with Gasteiger partial charge in [-0.2, -0.15) is 0 Å². The standard InChI is InChI=1S/C7H13NO2.C2H6/c1-7(2)3-5(6(9)10)8-4-7;1-2/h5,8H,3-4H2,1-2H3,(H,9,10);1-2H3. The summed E-state index contributed by atoms with van der Waals surface area (Å²) < 4.78 is 0. The van der Waals surface area contributed by atoms with E-state index in [1.807, 2.05) is 13.8 Å². The first kappa shape index (κ1) is 11.4. The summed E-state index contributed by atoms with van der Waals surface area (Å²) in [5.74, 6) is -0.731. The van der Waals surface area contributed by atoms with Gasteiger partial charge in [0.05, 0.1) is 0 Å². The third kappa shape index (κ3) is 3.22. The van der Waals surface area contributed by atoms with Crippen molar-refractivity contribution in [1.29, 1.82) is 0 Å². The van der Waals surface area contributed by atoms with Gasteiger partial charge in [0.1, 0.15) is 6.04 Å². The van der Waals surface area contributed by atoms with Crippen LogP contribution in [0.25, 0.3) is 0 Å². The highest BCUT2D eigenvalue weighted by molar-refractivity contribution is 5.73. The van der Waals surface area contributed by atoms with Crippen molar-refractivity contribution in [3.8, 4) is 0 Å². The monoisotopic (exact) mass is 173 g/mol. The molecule has 1 aliphatic rings. The lowest BCUT2D eigenvalue weighted by molar-refractivity contribution is -0.139. The topological polar surface area (TPSA) is 49.3 Å². The van der Waals surface area contributed by atoms with Gasteiger partial charge < -0.3 is 10.4 Å². The van der Waals surface area contributed by atoms with Gasteiger partial charge in [0.15, 0.2) is 0 Å². The second-order valence-electron chi connectivity index (χ2n) is 3.64. The molecule has 3 nitrogen and oxygen atoms in total. The van der Waals surface area contributed by atoms with Gasteiger partial charge in [0.25, 0.3) is 0 Å². The van der Waals surface area contributed by atoms with E-state index in [1.165, 1.54) is 0 Å². The van der Waals surface area contributed by atoms with Crippen molar-refractivity contribution >= 4 is 5.97 Å². The highest BCUT2D eigenvalue weighted by atomic mass is 16.4. The Bertz CT molecular complexity index is 155. The minimum atomic E-state index is -0.731. The van der Waals surface area contributed by atoms with E-state index in [1.54, 1.807) is 0 Å². The van der Waals surface area contributed by atoms with Crippen LogP contribution >= 0.6 is 0 Å². The lowest BCUT2D eigenvalue weighted by atomic mass is 9.91. The molecule has 0 aromatic rings. The summed E-state index contributed by atoms with van der Waals surface area (Å²) in [5.41, 5.74) is 0.156. The maximum atomic E-state index is 10.4. The molecule has 1 fully saturated rings. The van der Waals surface area contributed by atoms with Gasteiger partial charge in [-0.1, -0.05) is 27.7 Å². The van der Waals surface area contributed by atoms with Gasteiger partial charge in [-0.3, -0.25) is 4.79 Å². The fourth-order valence-electron chi connectivity index (χ4n) is 1.27. The number of carboxylic acids is 1. The van der Waals surface area contributed by atoms with Crippen LogP contribution in [-0.2, 0) is 4.79 Å². The van der Waals surface area contributed by atoms with E-state index >= 15 is 0 Å². The molecule has 2 N–H and O–H groups in total. The van der Waals surface area contributed by atoms with Crippen molar-refractivity contribution in [3.63, 3.8) is 0 Å². The van der Waals surface area contributed by atoms with Crippen LogP contribution in [0, 0.1) is 5.41 Å². The molecule has 72 valence electrons. The lowest BCUT2D eigenvalue weighted by Crippen LogP contribution is -2.29. The molecule has 0 aromatic carbocycles.